The van der Waals surface area contributed by atoms with Crippen LogP contribution in [0.3, 0.4) is 0 Å². The quantitative estimate of drug-likeness (QED) is 0.417. The first-order valence-electron chi connectivity index (χ1n) is 8.97. The first kappa shape index (κ1) is 18.2. The van der Waals surface area contributed by atoms with Gasteiger partial charge in [-0.05, 0) is 30.5 Å². The van der Waals surface area contributed by atoms with Crippen LogP contribution in [0.5, 0.6) is 0 Å². The Hall–Kier alpha value is -3.18. The predicted octanol–water partition coefficient (Wildman–Crippen LogP) is 6.00. The van der Waals surface area contributed by atoms with Gasteiger partial charge in [0.25, 0.3) is 11.8 Å². The summed E-state index contributed by atoms with van der Waals surface area (Å²) < 4.78 is 11.2. The lowest BCUT2D eigenvalue weighted by Gasteiger charge is -1.99. The van der Waals surface area contributed by atoms with E-state index in [4.69, 9.17) is 20.5 Å². The normalized spacial score (nSPS) is 11.8. The zero-order valence-electron chi connectivity index (χ0n) is 15.5. The number of hydrogen-bond donors (Lipinski definition) is 0. The fraction of sp³-hybridized carbons (Fsp3) is 0.136. The van der Waals surface area contributed by atoms with Crippen molar-refractivity contribution < 1.29 is 8.94 Å². The van der Waals surface area contributed by atoms with Crippen LogP contribution in [0.1, 0.15) is 29.7 Å². The molecular formula is C22H18ClN3O2. The molecule has 0 spiro atoms. The molecule has 0 aliphatic heterocycles. The van der Waals surface area contributed by atoms with Crippen LogP contribution in [0, 0.1) is 6.92 Å². The minimum atomic E-state index is 0.246. The summed E-state index contributed by atoms with van der Waals surface area (Å²) in [4.78, 5) is 0. The molecule has 2 aromatic heterocycles. The summed E-state index contributed by atoms with van der Waals surface area (Å²) in [7, 11) is 0. The second-order valence-corrected chi connectivity index (χ2v) is 6.74. The molecule has 6 heteroatoms. The molecule has 0 radical (unpaired) electrons. The Kier molecular flexibility index (Phi) is 5.08. The van der Waals surface area contributed by atoms with Crippen LogP contribution in [0.25, 0.3) is 33.8 Å². The molecule has 28 heavy (non-hydrogen) atoms. The van der Waals surface area contributed by atoms with Gasteiger partial charge in [0.15, 0.2) is 0 Å². The highest BCUT2D eigenvalue weighted by Gasteiger charge is 2.22. The van der Waals surface area contributed by atoms with Crippen molar-refractivity contribution in [2.24, 2.45) is 0 Å². The maximum absolute atomic E-state index is 6.41. The van der Waals surface area contributed by atoms with Gasteiger partial charge in [-0.1, -0.05) is 78.3 Å². The van der Waals surface area contributed by atoms with Crippen molar-refractivity contribution in [2.45, 2.75) is 20.3 Å². The van der Waals surface area contributed by atoms with Crippen LogP contribution in [0.2, 0.25) is 0 Å². The summed E-state index contributed by atoms with van der Waals surface area (Å²) in [6, 6.07) is 17.9. The molecule has 4 rings (SSSR count). The second-order valence-electron chi connectivity index (χ2n) is 6.33. The Morgan fingerprint density at radius 2 is 1.79 bits per heavy atom. The van der Waals surface area contributed by atoms with Crippen molar-refractivity contribution in [3.8, 4) is 22.7 Å². The monoisotopic (exact) mass is 391 g/mol. The van der Waals surface area contributed by atoms with Crippen LogP contribution in [-0.4, -0.2) is 15.4 Å². The third-order valence-electron chi connectivity index (χ3n) is 4.43. The van der Waals surface area contributed by atoms with Crippen LogP contribution in [-0.2, 0) is 6.42 Å². The fourth-order valence-electron chi connectivity index (χ4n) is 2.90. The molecule has 0 fully saturated rings. The zero-order chi connectivity index (χ0) is 19.5. The van der Waals surface area contributed by atoms with Gasteiger partial charge in [0.2, 0.25) is 0 Å². The molecule has 0 aliphatic carbocycles. The number of benzene rings is 2. The van der Waals surface area contributed by atoms with Gasteiger partial charge in [-0.3, -0.25) is 0 Å². The average molecular weight is 392 g/mol. The lowest BCUT2D eigenvalue weighted by molar-refractivity contribution is 0.399. The Morgan fingerprint density at radius 3 is 2.50 bits per heavy atom. The van der Waals surface area contributed by atoms with E-state index in [1.807, 2.05) is 49.4 Å². The SMILES string of the molecule is CCc1ccc(/C=C(\Cl)c2nnc(-c3c(-c4ccccc4)noc3C)o2)cc1. The van der Waals surface area contributed by atoms with Crippen molar-refractivity contribution in [1.82, 2.24) is 15.4 Å². The largest absolute Gasteiger partial charge is 0.415 e. The summed E-state index contributed by atoms with van der Waals surface area (Å²) in [6.07, 6.45) is 2.80. The molecule has 0 aliphatic rings. The van der Waals surface area contributed by atoms with Crippen LogP contribution in [0.15, 0.2) is 63.5 Å². The van der Waals surface area contributed by atoms with E-state index in [1.54, 1.807) is 6.08 Å². The topological polar surface area (TPSA) is 65.0 Å². The van der Waals surface area contributed by atoms with Gasteiger partial charge < -0.3 is 8.94 Å². The maximum Gasteiger partial charge on any atom is 0.259 e. The molecule has 0 saturated carbocycles. The lowest BCUT2D eigenvalue weighted by atomic mass is 10.1. The molecule has 0 amide bonds. The summed E-state index contributed by atoms with van der Waals surface area (Å²) in [5.41, 5.74) is 4.47. The van der Waals surface area contributed by atoms with Gasteiger partial charge in [0.1, 0.15) is 22.0 Å². The van der Waals surface area contributed by atoms with Crippen molar-refractivity contribution in [2.75, 3.05) is 0 Å². The molecule has 0 bridgehead atoms. The van der Waals surface area contributed by atoms with Crippen LogP contribution in [0.4, 0.5) is 0 Å². The van der Waals surface area contributed by atoms with Gasteiger partial charge in [0.05, 0.1) is 0 Å². The van der Waals surface area contributed by atoms with Crippen molar-refractivity contribution in [1.29, 1.82) is 0 Å². The van der Waals surface area contributed by atoms with Crippen molar-refractivity contribution in [3.05, 3.63) is 77.4 Å². The minimum Gasteiger partial charge on any atom is -0.415 e. The van der Waals surface area contributed by atoms with E-state index in [9.17, 15) is 0 Å². The Morgan fingerprint density at radius 1 is 1.04 bits per heavy atom. The fourth-order valence-corrected chi connectivity index (χ4v) is 3.10. The summed E-state index contributed by atoms with van der Waals surface area (Å²) >= 11 is 6.41. The van der Waals surface area contributed by atoms with Gasteiger partial charge in [-0.2, -0.15) is 0 Å². The van der Waals surface area contributed by atoms with E-state index in [0.29, 0.717) is 27.9 Å². The van der Waals surface area contributed by atoms with Crippen LogP contribution >= 0.6 is 11.6 Å². The van der Waals surface area contributed by atoms with E-state index in [0.717, 1.165) is 17.5 Å². The second kappa shape index (κ2) is 7.82. The van der Waals surface area contributed by atoms with E-state index in [1.165, 1.54) is 5.56 Å². The van der Waals surface area contributed by atoms with Gasteiger partial charge >= 0.3 is 0 Å². The molecule has 4 aromatic rings. The lowest BCUT2D eigenvalue weighted by Crippen LogP contribution is -1.84. The zero-order valence-corrected chi connectivity index (χ0v) is 16.3. The Bertz CT molecular complexity index is 1110. The molecule has 0 saturated heterocycles. The number of aryl methyl sites for hydroxylation is 2. The molecule has 0 unspecified atom stereocenters. The van der Waals surface area contributed by atoms with E-state index in [-0.39, 0.29) is 5.89 Å². The number of nitrogens with zero attached hydrogens (tertiary/aromatic N) is 3. The third-order valence-corrected chi connectivity index (χ3v) is 4.71. The summed E-state index contributed by atoms with van der Waals surface area (Å²) in [6.45, 7) is 3.93. The van der Waals surface area contributed by atoms with E-state index < -0.39 is 0 Å². The Labute approximate surface area is 167 Å². The smallest absolute Gasteiger partial charge is 0.259 e. The first-order chi connectivity index (χ1) is 13.7. The summed E-state index contributed by atoms with van der Waals surface area (Å²) in [5, 5.41) is 12.8. The van der Waals surface area contributed by atoms with Crippen molar-refractivity contribution in [3.63, 3.8) is 0 Å². The molecule has 0 atom stereocenters. The molecule has 140 valence electrons. The van der Waals surface area contributed by atoms with E-state index >= 15 is 0 Å². The van der Waals surface area contributed by atoms with Gasteiger partial charge in [0, 0.05) is 5.56 Å². The minimum absolute atomic E-state index is 0.246. The molecular weight excluding hydrogens is 374 g/mol. The molecule has 0 N–H and O–H groups in total. The van der Waals surface area contributed by atoms with Crippen molar-refractivity contribution >= 4 is 22.7 Å². The molecule has 5 nitrogen and oxygen atoms in total. The highest BCUT2D eigenvalue weighted by molar-refractivity contribution is 6.50. The number of halogens is 1. The average Bonchev–Trinajstić information content (AvgIpc) is 3.36. The van der Waals surface area contributed by atoms with Crippen LogP contribution < -0.4 is 0 Å². The highest BCUT2D eigenvalue weighted by Crippen LogP contribution is 2.34. The summed E-state index contributed by atoms with van der Waals surface area (Å²) in [5.74, 6) is 1.17. The third kappa shape index (κ3) is 3.62. The highest BCUT2D eigenvalue weighted by atomic mass is 35.5. The van der Waals surface area contributed by atoms with E-state index in [2.05, 4.69) is 34.4 Å². The van der Waals surface area contributed by atoms with Gasteiger partial charge in [-0.15, -0.1) is 10.2 Å². The first-order valence-corrected chi connectivity index (χ1v) is 9.35. The number of hydrogen-bond acceptors (Lipinski definition) is 5. The molecule has 2 aromatic carbocycles. The van der Waals surface area contributed by atoms with Gasteiger partial charge in [-0.25, -0.2) is 0 Å². The Balaban J connectivity index is 1.66. The molecule has 2 heterocycles. The standard InChI is InChI=1S/C22H18ClN3O2/c1-3-15-9-11-16(12-10-15)13-18(23)21-24-25-22(27-21)19-14(2)28-26-20(19)17-7-5-4-6-8-17/h4-13H,3H2,1-2H3/b18-13-. The maximum atomic E-state index is 6.41. The predicted molar refractivity (Wildman–Crippen MR) is 110 cm³/mol. The number of aromatic nitrogens is 3. The number of rotatable bonds is 5.